The number of hydrogen-bond donors (Lipinski definition) is 0. The Balaban J connectivity index is 1.49. The molecule has 0 atom stereocenters. The van der Waals surface area contributed by atoms with Gasteiger partial charge in [0.15, 0.2) is 23.1 Å². The summed E-state index contributed by atoms with van der Waals surface area (Å²) >= 11 is 0. The largest absolute Gasteiger partial charge is 0.490 e. The molecule has 172 valence electrons. The van der Waals surface area contributed by atoms with Gasteiger partial charge in [0, 0.05) is 5.56 Å². The zero-order valence-electron chi connectivity index (χ0n) is 18.7. The molecule has 0 fully saturated rings. The van der Waals surface area contributed by atoms with Gasteiger partial charge >= 0.3 is 0 Å². The van der Waals surface area contributed by atoms with Crippen molar-refractivity contribution in [1.82, 2.24) is 9.97 Å². The number of hydrogen-bond acceptors (Lipinski definition) is 5. The second-order valence-electron chi connectivity index (χ2n) is 7.70. The van der Waals surface area contributed by atoms with E-state index in [0.717, 1.165) is 17.5 Å². The Hall–Kier alpha value is -3.53. The van der Waals surface area contributed by atoms with E-state index in [0.29, 0.717) is 18.2 Å². The smallest absolute Gasteiger partial charge is 0.202 e. The van der Waals surface area contributed by atoms with Crippen LogP contribution in [0.4, 0.5) is 8.78 Å². The van der Waals surface area contributed by atoms with Crippen LogP contribution in [0.2, 0.25) is 0 Å². The van der Waals surface area contributed by atoms with Crippen LogP contribution in [0.1, 0.15) is 56.6 Å². The lowest BCUT2D eigenvalue weighted by Gasteiger charge is -2.09. The third-order valence-corrected chi connectivity index (χ3v) is 5.17. The van der Waals surface area contributed by atoms with Gasteiger partial charge in [-0.1, -0.05) is 63.3 Å². The summed E-state index contributed by atoms with van der Waals surface area (Å²) in [7, 11) is 0. The molecule has 0 saturated carbocycles. The Bertz CT molecular complexity index is 1060. The van der Waals surface area contributed by atoms with Crippen LogP contribution in [-0.4, -0.2) is 16.6 Å². The van der Waals surface area contributed by atoms with Gasteiger partial charge in [-0.25, -0.2) is 14.4 Å². The summed E-state index contributed by atoms with van der Waals surface area (Å²) in [6, 6.07) is 11.3. The van der Waals surface area contributed by atoms with E-state index in [9.17, 15) is 8.78 Å². The molecule has 0 aliphatic rings. The number of ether oxygens (including phenoxy) is 2. The predicted molar refractivity (Wildman–Crippen MR) is 122 cm³/mol. The van der Waals surface area contributed by atoms with Crippen molar-refractivity contribution in [3.05, 3.63) is 71.6 Å². The van der Waals surface area contributed by atoms with Gasteiger partial charge in [-0.05, 0) is 24.1 Å². The van der Waals surface area contributed by atoms with Crippen LogP contribution in [0, 0.1) is 23.0 Å². The lowest BCUT2D eigenvalue weighted by molar-refractivity contribution is 0.284. The van der Waals surface area contributed by atoms with E-state index in [1.54, 1.807) is 30.6 Å². The van der Waals surface area contributed by atoms with E-state index in [-0.39, 0.29) is 17.9 Å². The van der Waals surface area contributed by atoms with Crippen molar-refractivity contribution >= 4 is 0 Å². The highest BCUT2D eigenvalue weighted by Crippen LogP contribution is 2.24. The zero-order valence-corrected chi connectivity index (χ0v) is 18.7. The Morgan fingerprint density at radius 2 is 1.55 bits per heavy atom. The molecule has 0 radical (unpaired) electrons. The van der Waals surface area contributed by atoms with Crippen LogP contribution in [0.15, 0.2) is 48.8 Å². The molecule has 0 aliphatic carbocycles. The molecule has 0 N–H and O–H groups in total. The highest BCUT2D eigenvalue weighted by molar-refractivity contribution is 5.55. The van der Waals surface area contributed by atoms with Gasteiger partial charge in [-0.15, -0.1) is 0 Å². The molecule has 2 aromatic carbocycles. The Morgan fingerprint density at radius 3 is 2.24 bits per heavy atom. The van der Waals surface area contributed by atoms with Crippen molar-refractivity contribution in [2.75, 3.05) is 6.61 Å². The van der Waals surface area contributed by atoms with Crippen LogP contribution in [-0.2, 0) is 6.61 Å². The lowest BCUT2D eigenvalue weighted by Crippen LogP contribution is -2.01. The molecule has 0 unspecified atom stereocenters. The van der Waals surface area contributed by atoms with Crippen LogP contribution < -0.4 is 9.47 Å². The Kier molecular flexibility index (Phi) is 9.13. The number of benzene rings is 2. The standard InChI is InChI=1S/C26H27F2N3O2/c1-2-3-4-5-6-7-14-32-22-16-30-26(31-17-22)20-10-8-19(9-11-20)18-33-23-13-12-21(15-29)24(27)25(23)28/h8-13,16-17H,2-7,14,18H2,1H3. The van der Waals surface area contributed by atoms with Crippen LogP contribution in [0.3, 0.4) is 0 Å². The molecule has 0 aliphatic heterocycles. The molecule has 0 bridgehead atoms. The predicted octanol–water partition coefficient (Wildman–Crippen LogP) is 6.61. The van der Waals surface area contributed by atoms with E-state index >= 15 is 0 Å². The number of rotatable bonds is 12. The first-order chi connectivity index (χ1) is 16.1. The van der Waals surface area contributed by atoms with Crippen molar-refractivity contribution in [1.29, 1.82) is 5.26 Å². The third-order valence-electron chi connectivity index (χ3n) is 5.17. The van der Waals surface area contributed by atoms with Crippen molar-refractivity contribution in [2.45, 2.75) is 52.1 Å². The summed E-state index contributed by atoms with van der Waals surface area (Å²) in [5, 5.41) is 8.74. The number of aromatic nitrogens is 2. The third kappa shape index (κ3) is 6.98. The summed E-state index contributed by atoms with van der Waals surface area (Å²) in [5.41, 5.74) is 1.22. The molecule has 1 heterocycles. The molecular weight excluding hydrogens is 424 g/mol. The maximum Gasteiger partial charge on any atom is 0.202 e. The van der Waals surface area contributed by atoms with Gasteiger partial charge in [0.25, 0.3) is 0 Å². The van der Waals surface area contributed by atoms with E-state index in [4.69, 9.17) is 14.7 Å². The average molecular weight is 452 g/mol. The first-order valence-corrected chi connectivity index (χ1v) is 11.2. The molecule has 0 saturated heterocycles. The normalized spacial score (nSPS) is 10.6. The maximum absolute atomic E-state index is 14.0. The fraction of sp³-hybridized carbons (Fsp3) is 0.346. The fourth-order valence-electron chi connectivity index (χ4n) is 3.25. The minimum atomic E-state index is -1.21. The van der Waals surface area contributed by atoms with E-state index < -0.39 is 11.6 Å². The highest BCUT2D eigenvalue weighted by atomic mass is 19.2. The molecular formula is C26H27F2N3O2. The monoisotopic (exact) mass is 451 g/mol. The fourth-order valence-corrected chi connectivity index (χ4v) is 3.25. The summed E-state index contributed by atoms with van der Waals surface area (Å²) in [5.74, 6) is -1.40. The number of unbranched alkanes of at least 4 members (excludes halogenated alkanes) is 5. The van der Waals surface area contributed by atoms with Crippen molar-refractivity contribution in [3.63, 3.8) is 0 Å². The molecule has 1 aromatic heterocycles. The minimum Gasteiger partial charge on any atom is -0.490 e. The van der Waals surface area contributed by atoms with Gasteiger partial charge in [-0.3, -0.25) is 0 Å². The Labute approximate surface area is 193 Å². The van der Waals surface area contributed by atoms with Crippen molar-refractivity contribution in [2.24, 2.45) is 0 Å². The molecule has 5 nitrogen and oxygen atoms in total. The molecule has 0 spiro atoms. The summed E-state index contributed by atoms with van der Waals surface area (Å²) in [6.45, 7) is 2.92. The van der Waals surface area contributed by atoms with Gasteiger partial charge in [0.2, 0.25) is 5.82 Å². The average Bonchev–Trinajstić information content (AvgIpc) is 2.85. The first-order valence-electron chi connectivity index (χ1n) is 11.2. The lowest BCUT2D eigenvalue weighted by atomic mass is 10.1. The molecule has 3 aromatic rings. The first kappa shape index (κ1) is 24.1. The Morgan fingerprint density at radius 1 is 0.848 bits per heavy atom. The van der Waals surface area contributed by atoms with Crippen molar-refractivity contribution in [3.8, 4) is 29.0 Å². The SMILES string of the molecule is CCCCCCCCOc1cnc(-c2ccc(COc3ccc(C#N)c(F)c3F)cc2)nc1. The van der Waals surface area contributed by atoms with Crippen LogP contribution >= 0.6 is 0 Å². The number of nitriles is 1. The second-order valence-corrected chi connectivity index (χ2v) is 7.70. The van der Waals surface area contributed by atoms with Gasteiger partial charge in [-0.2, -0.15) is 9.65 Å². The van der Waals surface area contributed by atoms with Gasteiger partial charge in [0.05, 0.1) is 24.6 Å². The molecule has 0 amide bonds. The van der Waals surface area contributed by atoms with E-state index in [1.165, 1.54) is 44.2 Å². The summed E-state index contributed by atoms with van der Waals surface area (Å²) in [4.78, 5) is 8.73. The quantitative estimate of drug-likeness (QED) is 0.290. The maximum atomic E-state index is 14.0. The summed E-state index contributed by atoms with van der Waals surface area (Å²) in [6.07, 6.45) is 10.6. The zero-order chi connectivity index (χ0) is 23.5. The van der Waals surface area contributed by atoms with E-state index in [1.807, 2.05) is 12.1 Å². The highest BCUT2D eigenvalue weighted by Gasteiger charge is 2.14. The van der Waals surface area contributed by atoms with Crippen molar-refractivity contribution < 1.29 is 18.3 Å². The number of nitrogens with zero attached hydrogens (tertiary/aromatic N) is 3. The summed E-state index contributed by atoms with van der Waals surface area (Å²) < 4.78 is 38.7. The minimum absolute atomic E-state index is 0.0502. The van der Waals surface area contributed by atoms with Crippen LogP contribution in [0.5, 0.6) is 11.5 Å². The molecule has 7 heteroatoms. The van der Waals surface area contributed by atoms with Gasteiger partial charge < -0.3 is 9.47 Å². The van der Waals surface area contributed by atoms with E-state index in [2.05, 4.69) is 16.9 Å². The van der Waals surface area contributed by atoms with Crippen LogP contribution in [0.25, 0.3) is 11.4 Å². The second kappa shape index (κ2) is 12.5. The number of halogens is 2. The molecule has 3 rings (SSSR count). The van der Waals surface area contributed by atoms with Gasteiger partial charge in [0.1, 0.15) is 12.7 Å². The topological polar surface area (TPSA) is 68.0 Å². The molecule has 33 heavy (non-hydrogen) atoms.